The first-order chi connectivity index (χ1) is 25.2. The lowest BCUT2D eigenvalue weighted by molar-refractivity contribution is -0.341. The fraction of sp³-hybridized carbons (Fsp3) is 0.529. The monoisotopic (exact) mass is 800 g/mol. The van der Waals surface area contributed by atoms with Gasteiger partial charge in [-0.1, -0.05) is 108 Å². The highest BCUT2D eigenvalue weighted by atomic mass is 35.6. The first-order valence-electron chi connectivity index (χ1n) is 16.3. The van der Waals surface area contributed by atoms with Gasteiger partial charge in [0.05, 0.1) is 20.3 Å². The van der Waals surface area contributed by atoms with Crippen LogP contribution < -0.4 is 0 Å². The Balaban J connectivity index is 1.80. The van der Waals surface area contributed by atoms with E-state index in [9.17, 15) is 19.9 Å². The van der Waals surface area contributed by atoms with Crippen molar-refractivity contribution in [2.24, 2.45) is 11.0 Å². The van der Waals surface area contributed by atoms with Crippen LogP contribution in [0.25, 0.3) is 10.4 Å². The number of nitrogens with zero attached hydrogens (tertiary/aromatic N) is 3. The standard InChI is InChI=1S/C34H39Cl3N4O12/c1-18-25(47-15-21-11-7-5-8-12-21)29(49-20(3)43)32(51-26(18)30(44)45-4)52-27-23(17-46-19(2)42)50-31(53-33(38)34(35,36)37)24(40-41-39)28(27)48-16-22-13-9-6-10-14-22/h5-14,18,23-29,31-32,38H,15-17H2,1-4H3/t18-,23?,24-,25-,26?,27+,28?,29?,31?,32+/m1/s1. The van der Waals surface area contributed by atoms with Gasteiger partial charge in [-0.05, 0) is 16.7 Å². The molecule has 2 aliphatic heterocycles. The average Bonchev–Trinajstić information content (AvgIpc) is 3.12. The number of benzene rings is 2. The molecule has 1 N–H and O–H groups in total. The molecule has 288 valence electrons. The summed E-state index contributed by atoms with van der Waals surface area (Å²) < 4.78 is 50.8. The molecule has 0 bridgehead atoms. The summed E-state index contributed by atoms with van der Waals surface area (Å²) in [5.74, 6) is -3.79. The maximum Gasteiger partial charge on any atom is 0.335 e. The van der Waals surface area contributed by atoms with Gasteiger partial charge < -0.3 is 42.6 Å². The first-order valence-corrected chi connectivity index (χ1v) is 17.4. The Labute approximate surface area is 320 Å². The van der Waals surface area contributed by atoms with E-state index in [-0.39, 0.29) is 13.2 Å². The molecule has 2 aliphatic rings. The average molecular weight is 802 g/mol. The van der Waals surface area contributed by atoms with Gasteiger partial charge in [0.25, 0.3) is 3.79 Å². The van der Waals surface area contributed by atoms with E-state index in [1.54, 1.807) is 37.3 Å². The third-order valence-corrected chi connectivity index (χ3v) is 8.72. The topological polar surface area (TPSA) is 207 Å². The number of halogens is 3. The second-order valence-electron chi connectivity index (χ2n) is 12.0. The van der Waals surface area contributed by atoms with E-state index in [1.165, 1.54) is 14.0 Å². The highest BCUT2D eigenvalue weighted by molar-refractivity contribution is 6.76. The Morgan fingerprint density at radius 1 is 0.849 bits per heavy atom. The molecule has 2 fully saturated rings. The maximum absolute atomic E-state index is 13.1. The Hall–Kier alpha value is -3.70. The van der Waals surface area contributed by atoms with E-state index in [1.807, 2.05) is 30.3 Å². The number of esters is 3. The van der Waals surface area contributed by atoms with Crippen LogP contribution in [0.4, 0.5) is 0 Å². The smallest absolute Gasteiger partial charge is 0.335 e. The number of azide groups is 1. The van der Waals surface area contributed by atoms with Crippen LogP contribution in [0.15, 0.2) is 65.8 Å². The van der Waals surface area contributed by atoms with Crippen molar-refractivity contribution in [1.82, 2.24) is 0 Å². The van der Waals surface area contributed by atoms with Gasteiger partial charge in [-0.2, -0.15) is 0 Å². The molecule has 16 nitrogen and oxygen atoms in total. The molecule has 0 aromatic heterocycles. The Kier molecular flexibility index (Phi) is 15.5. The third kappa shape index (κ3) is 11.6. The molecular formula is C34H39Cl3N4O12. The van der Waals surface area contributed by atoms with E-state index in [0.29, 0.717) is 5.56 Å². The zero-order valence-corrected chi connectivity index (χ0v) is 31.3. The van der Waals surface area contributed by atoms with E-state index in [4.69, 9.17) is 82.8 Å². The van der Waals surface area contributed by atoms with Crippen molar-refractivity contribution >= 4 is 58.6 Å². The molecule has 0 spiro atoms. The van der Waals surface area contributed by atoms with Crippen LogP contribution >= 0.6 is 34.8 Å². The fourth-order valence-corrected chi connectivity index (χ4v) is 5.89. The molecule has 19 heteroatoms. The Morgan fingerprint density at radius 3 is 1.94 bits per heavy atom. The van der Waals surface area contributed by atoms with Crippen LogP contribution in [-0.2, 0) is 70.2 Å². The minimum atomic E-state index is -2.34. The van der Waals surface area contributed by atoms with Crippen molar-refractivity contribution in [2.75, 3.05) is 13.7 Å². The van der Waals surface area contributed by atoms with Gasteiger partial charge in [0.1, 0.15) is 37.1 Å². The number of hydrogen-bond donors (Lipinski definition) is 1. The van der Waals surface area contributed by atoms with E-state index >= 15 is 0 Å². The van der Waals surface area contributed by atoms with Crippen molar-refractivity contribution < 1.29 is 57.0 Å². The number of carbonyl (C=O) groups is 3. The van der Waals surface area contributed by atoms with Crippen LogP contribution in [0, 0.1) is 11.3 Å². The normalized spacial score (nSPS) is 28.5. The summed E-state index contributed by atoms with van der Waals surface area (Å²) in [5, 5.41) is 12.0. The van der Waals surface area contributed by atoms with Crippen LogP contribution in [0.3, 0.4) is 0 Å². The highest BCUT2D eigenvalue weighted by Crippen LogP contribution is 2.38. The van der Waals surface area contributed by atoms with Crippen molar-refractivity contribution in [3.05, 3.63) is 82.2 Å². The molecule has 53 heavy (non-hydrogen) atoms. The van der Waals surface area contributed by atoms with Crippen molar-refractivity contribution in [3.63, 3.8) is 0 Å². The highest BCUT2D eigenvalue weighted by Gasteiger charge is 2.55. The Morgan fingerprint density at radius 2 is 1.43 bits per heavy atom. The number of methoxy groups -OCH3 is 1. The molecule has 0 amide bonds. The predicted octanol–water partition coefficient (Wildman–Crippen LogP) is 5.34. The van der Waals surface area contributed by atoms with Crippen LogP contribution in [0.2, 0.25) is 0 Å². The predicted molar refractivity (Wildman–Crippen MR) is 188 cm³/mol. The SMILES string of the molecule is COC(=O)C1O[C@@H](O[C@H]2C(COC(C)=O)OC(OC(=N)C(Cl)(Cl)Cl)[C@H](N=[N+]=[N-])C2OCc2ccccc2)C(OC(C)=O)[C@H](OCc2ccccc2)[C@H]1C. The van der Waals surface area contributed by atoms with Gasteiger partial charge in [-0.25, -0.2) is 4.79 Å². The van der Waals surface area contributed by atoms with Crippen LogP contribution in [0.5, 0.6) is 0 Å². The van der Waals surface area contributed by atoms with E-state index in [0.717, 1.165) is 12.5 Å². The largest absolute Gasteiger partial charge is 0.467 e. The Bertz CT molecular complexity index is 1600. The van der Waals surface area contributed by atoms with Crippen LogP contribution in [-0.4, -0.2) is 96.6 Å². The second-order valence-corrected chi connectivity index (χ2v) is 14.3. The quantitative estimate of drug-likeness (QED) is 0.0376. The number of hydrogen-bond acceptors (Lipinski definition) is 14. The summed E-state index contributed by atoms with van der Waals surface area (Å²) >= 11 is 17.7. The lowest BCUT2D eigenvalue weighted by Gasteiger charge is -2.48. The number of alkyl halides is 3. The van der Waals surface area contributed by atoms with Gasteiger partial charge in [-0.3, -0.25) is 15.0 Å². The molecule has 0 radical (unpaired) electrons. The molecule has 0 aliphatic carbocycles. The van der Waals surface area contributed by atoms with Gasteiger partial charge in [0.15, 0.2) is 18.5 Å². The van der Waals surface area contributed by atoms with Crippen LogP contribution in [0.1, 0.15) is 31.9 Å². The zero-order chi connectivity index (χ0) is 38.7. The van der Waals surface area contributed by atoms with Crippen molar-refractivity contribution in [2.45, 2.75) is 93.0 Å². The molecule has 2 saturated heterocycles. The minimum Gasteiger partial charge on any atom is -0.467 e. The summed E-state index contributed by atoms with van der Waals surface area (Å²) in [6.07, 6.45) is -10.9. The van der Waals surface area contributed by atoms with E-state index < -0.39 is 95.4 Å². The molecule has 10 atom stereocenters. The van der Waals surface area contributed by atoms with Gasteiger partial charge >= 0.3 is 17.9 Å². The molecule has 4 rings (SSSR count). The fourth-order valence-electron chi connectivity index (χ4n) is 5.76. The number of nitrogens with one attached hydrogen (secondary N) is 1. The lowest BCUT2D eigenvalue weighted by Crippen LogP contribution is -2.65. The van der Waals surface area contributed by atoms with Crippen molar-refractivity contribution in [3.8, 4) is 0 Å². The summed E-state index contributed by atoms with van der Waals surface area (Å²) in [6, 6.07) is 16.6. The first kappa shape index (κ1) is 42.0. The third-order valence-electron chi connectivity index (χ3n) is 8.21. The summed E-state index contributed by atoms with van der Waals surface area (Å²) in [4.78, 5) is 40.6. The molecule has 2 aromatic rings. The van der Waals surface area contributed by atoms with Crippen molar-refractivity contribution in [1.29, 1.82) is 5.41 Å². The molecular weight excluding hydrogens is 763 g/mol. The van der Waals surface area contributed by atoms with Gasteiger partial charge in [0.2, 0.25) is 12.2 Å². The van der Waals surface area contributed by atoms with Gasteiger partial charge in [-0.15, -0.1) is 0 Å². The zero-order valence-electron chi connectivity index (χ0n) is 29.0. The van der Waals surface area contributed by atoms with Gasteiger partial charge in [0, 0.05) is 24.7 Å². The maximum atomic E-state index is 13.1. The molecule has 5 unspecified atom stereocenters. The number of ether oxygens (including phenoxy) is 9. The van der Waals surface area contributed by atoms with E-state index in [2.05, 4.69) is 10.0 Å². The second kappa shape index (κ2) is 19.6. The number of rotatable bonds is 14. The summed E-state index contributed by atoms with van der Waals surface area (Å²) in [7, 11) is 1.18. The molecule has 0 saturated carbocycles. The molecule has 2 heterocycles. The molecule has 2 aromatic carbocycles. The lowest BCUT2D eigenvalue weighted by atomic mass is 9.89. The minimum absolute atomic E-state index is 0.0613. The summed E-state index contributed by atoms with van der Waals surface area (Å²) in [5.41, 5.74) is 11.2. The number of carbonyl (C=O) groups excluding carboxylic acids is 3. The summed E-state index contributed by atoms with van der Waals surface area (Å²) in [6.45, 7) is 3.50.